The van der Waals surface area contributed by atoms with Gasteiger partial charge in [-0.3, -0.25) is 0 Å². The van der Waals surface area contributed by atoms with E-state index < -0.39 is 0 Å². The predicted molar refractivity (Wildman–Crippen MR) is 452 cm³/mol. The molecule has 0 bridgehead atoms. The van der Waals surface area contributed by atoms with Gasteiger partial charge in [0.2, 0.25) is 0 Å². The standard InChI is InChI=1S/C56H76N2O6.C38H40N2O6/c1-9-15-33-59-49-39-51(61-35-17-11-3)55(52(40-49)62-36-18-12-4)57(45-25-21-43(7)22-26-45)47-29-31-48(32-30-47)58(46-27-23-44(8)24-28-46)56-53(63-37-19-13-5)41-50(60-34-16-10-2)42-54(56)64-38-20-14-6;1-25-9-13-27(14-10-25)39(37-33(43-5)21-31(41-3)22-34(37)44-6)29-17-19-30(20-18-29)40(28-15-11-26(2)12-16-28)38-35(45-7)23-32(42-4)24-36(38)46-8/h21-32,39-42H,9-20,33-38H2,1-8H3;9-24H,1-8H3. The van der Waals surface area contributed by atoms with E-state index in [2.05, 4.69) is 234 Å². The van der Waals surface area contributed by atoms with Crippen LogP contribution in [0.3, 0.4) is 0 Å². The summed E-state index contributed by atoms with van der Waals surface area (Å²) in [4.78, 5) is 8.76. The van der Waals surface area contributed by atoms with Gasteiger partial charge in [0, 0.05) is 94.0 Å². The highest BCUT2D eigenvalue weighted by Crippen LogP contribution is 2.54. The fraction of sp³-hybridized carbons (Fsp3) is 0.362. The van der Waals surface area contributed by atoms with Crippen molar-refractivity contribution in [1.82, 2.24) is 0 Å². The number of hydrogen-bond donors (Lipinski definition) is 0. The fourth-order valence-electron chi connectivity index (χ4n) is 12.5. The second-order valence-electron chi connectivity index (χ2n) is 27.2. The number of hydrogen-bond acceptors (Lipinski definition) is 16. The average molecular weight is 1490 g/mol. The normalized spacial score (nSPS) is 10.8. The first-order chi connectivity index (χ1) is 53.7. The van der Waals surface area contributed by atoms with Crippen molar-refractivity contribution in [2.75, 3.05) is 102 Å². The van der Waals surface area contributed by atoms with E-state index in [9.17, 15) is 0 Å². The molecule has 584 valence electrons. The topological polar surface area (TPSA) is 124 Å². The van der Waals surface area contributed by atoms with Crippen molar-refractivity contribution >= 4 is 68.2 Å². The van der Waals surface area contributed by atoms with Crippen LogP contribution >= 0.6 is 0 Å². The lowest BCUT2D eigenvalue weighted by Crippen LogP contribution is -2.16. The lowest BCUT2D eigenvalue weighted by atomic mass is 10.1. The molecule has 0 atom stereocenters. The number of benzene rings is 10. The number of ether oxygens (including phenoxy) is 12. The van der Waals surface area contributed by atoms with Crippen LogP contribution in [0.15, 0.2) is 194 Å². The van der Waals surface area contributed by atoms with E-state index in [1.165, 1.54) is 11.1 Å². The molecule has 0 saturated carbocycles. The van der Waals surface area contributed by atoms with Gasteiger partial charge < -0.3 is 76.4 Å². The zero-order chi connectivity index (χ0) is 78.3. The number of anilines is 12. The molecular weight excluding hydrogens is 1380 g/mol. The van der Waals surface area contributed by atoms with Crippen molar-refractivity contribution < 1.29 is 56.8 Å². The molecule has 110 heavy (non-hydrogen) atoms. The molecule has 0 heterocycles. The highest BCUT2D eigenvalue weighted by Gasteiger charge is 2.30. The van der Waals surface area contributed by atoms with Gasteiger partial charge in [0.15, 0.2) is 23.0 Å². The van der Waals surface area contributed by atoms with Crippen LogP contribution in [-0.4, -0.2) is 82.3 Å². The fourth-order valence-corrected chi connectivity index (χ4v) is 12.5. The van der Waals surface area contributed by atoms with Crippen LogP contribution in [0.1, 0.15) is 141 Å². The largest absolute Gasteiger partial charge is 0.496 e. The van der Waals surface area contributed by atoms with Crippen LogP contribution in [0.2, 0.25) is 0 Å². The summed E-state index contributed by atoms with van der Waals surface area (Å²) in [6, 6.07) is 66.6. The van der Waals surface area contributed by atoms with E-state index in [0.29, 0.717) is 74.1 Å². The van der Waals surface area contributed by atoms with E-state index in [1.807, 2.05) is 48.5 Å². The minimum Gasteiger partial charge on any atom is -0.496 e. The Hall–Kier alpha value is -11.0. The smallest absolute Gasteiger partial charge is 0.150 e. The second-order valence-corrected chi connectivity index (χ2v) is 27.2. The Labute approximate surface area is 655 Å². The summed E-state index contributed by atoms with van der Waals surface area (Å²) < 4.78 is 74.1. The quantitative estimate of drug-likeness (QED) is 0.0337. The molecule has 0 unspecified atom stereocenters. The van der Waals surface area contributed by atoms with Crippen molar-refractivity contribution in [3.8, 4) is 69.0 Å². The molecule has 0 aliphatic rings. The molecule has 0 aromatic heterocycles. The number of methoxy groups -OCH3 is 6. The van der Waals surface area contributed by atoms with E-state index in [-0.39, 0.29) is 0 Å². The summed E-state index contributed by atoms with van der Waals surface area (Å²) >= 11 is 0. The first-order valence-corrected chi connectivity index (χ1v) is 39.1. The highest BCUT2D eigenvalue weighted by molar-refractivity contribution is 5.91. The minimum atomic E-state index is 0.580. The summed E-state index contributed by atoms with van der Waals surface area (Å²) in [5, 5.41) is 0. The number of unbranched alkanes of at least 4 members (excludes halogenated alkanes) is 6. The van der Waals surface area contributed by atoms with Crippen LogP contribution in [0.5, 0.6) is 69.0 Å². The van der Waals surface area contributed by atoms with Gasteiger partial charge in [-0.05, 0) is 163 Å². The summed E-state index contributed by atoms with van der Waals surface area (Å²) in [6.45, 7) is 25.0. The molecule has 0 amide bonds. The Morgan fingerprint density at radius 1 is 0.200 bits per heavy atom. The SMILES string of the molecule is CCCCOc1cc(OCCCC)c(N(c2ccc(C)cc2)c2ccc(N(c3ccc(C)cc3)c3c(OCCCC)cc(OCCCC)cc3OCCCC)cc2)c(OCCCC)c1.COc1cc(OC)c(N(c2ccc(C)cc2)c2ccc(N(c3ccc(C)cc3)c3c(OC)cc(OC)cc3OC)cc2)c(OC)c1. The zero-order valence-electron chi connectivity index (χ0n) is 67.9. The van der Waals surface area contributed by atoms with Crippen LogP contribution in [0.25, 0.3) is 0 Å². The van der Waals surface area contributed by atoms with Crippen LogP contribution in [0, 0.1) is 27.7 Å². The predicted octanol–water partition coefficient (Wildman–Crippen LogP) is 25.6. The second kappa shape index (κ2) is 42.7. The van der Waals surface area contributed by atoms with E-state index in [1.54, 1.807) is 42.7 Å². The molecule has 0 saturated heterocycles. The maximum atomic E-state index is 6.71. The maximum Gasteiger partial charge on any atom is 0.150 e. The van der Waals surface area contributed by atoms with Gasteiger partial charge >= 0.3 is 0 Å². The molecule has 0 aliphatic heterocycles. The first-order valence-electron chi connectivity index (χ1n) is 39.1. The van der Waals surface area contributed by atoms with Gasteiger partial charge in [0.1, 0.15) is 68.7 Å². The zero-order valence-corrected chi connectivity index (χ0v) is 67.9. The van der Waals surface area contributed by atoms with Gasteiger partial charge in [-0.15, -0.1) is 0 Å². The summed E-state index contributed by atoms with van der Waals surface area (Å²) in [5.74, 6) is 8.09. The van der Waals surface area contributed by atoms with Crippen LogP contribution in [0.4, 0.5) is 68.2 Å². The van der Waals surface area contributed by atoms with Gasteiger partial charge in [-0.2, -0.15) is 0 Å². The molecule has 16 nitrogen and oxygen atoms in total. The molecule has 0 aliphatic carbocycles. The number of rotatable bonds is 42. The molecule has 0 radical (unpaired) electrons. The van der Waals surface area contributed by atoms with E-state index in [4.69, 9.17) is 56.8 Å². The molecule has 10 rings (SSSR count). The van der Waals surface area contributed by atoms with Crippen molar-refractivity contribution in [1.29, 1.82) is 0 Å². The van der Waals surface area contributed by atoms with Crippen molar-refractivity contribution in [2.24, 2.45) is 0 Å². The van der Waals surface area contributed by atoms with Gasteiger partial charge in [-0.1, -0.05) is 151 Å². The number of aryl methyl sites for hydroxylation is 4. The van der Waals surface area contributed by atoms with Crippen molar-refractivity contribution in [3.63, 3.8) is 0 Å². The van der Waals surface area contributed by atoms with Crippen molar-refractivity contribution in [3.05, 3.63) is 216 Å². The Bertz CT molecular complexity index is 4020. The summed E-state index contributed by atoms with van der Waals surface area (Å²) in [6.07, 6.45) is 11.9. The third kappa shape index (κ3) is 21.7. The molecule has 16 heteroatoms. The average Bonchev–Trinajstić information content (AvgIpc) is 0.776. The Morgan fingerprint density at radius 3 is 0.536 bits per heavy atom. The van der Waals surface area contributed by atoms with E-state index in [0.717, 1.165) is 191 Å². The van der Waals surface area contributed by atoms with Gasteiger partial charge in [0.05, 0.1) is 82.3 Å². The van der Waals surface area contributed by atoms with Crippen LogP contribution < -0.4 is 76.4 Å². The summed E-state index contributed by atoms with van der Waals surface area (Å²) in [7, 11) is 9.81. The molecular formula is C94H116N4O12. The Morgan fingerprint density at radius 2 is 0.364 bits per heavy atom. The highest BCUT2D eigenvalue weighted by atomic mass is 16.5. The lowest BCUT2D eigenvalue weighted by molar-refractivity contribution is 0.281. The molecule has 0 spiro atoms. The van der Waals surface area contributed by atoms with E-state index >= 15 is 0 Å². The van der Waals surface area contributed by atoms with Gasteiger partial charge in [0.25, 0.3) is 0 Å². The monoisotopic (exact) mass is 1490 g/mol. The Balaban J connectivity index is 0.000000267. The van der Waals surface area contributed by atoms with Gasteiger partial charge in [-0.25, -0.2) is 0 Å². The maximum absolute atomic E-state index is 6.71. The molecule has 0 N–H and O–H groups in total. The first kappa shape index (κ1) is 83.0. The minimum absolute atomic E-state index is 0.580. The molecule has 10 aromatic rings. The number of nitrogens with zero attached hydrogens (tertiary/aromatic N) is 4. The third-order valence-corrected chi connectivity index (χ3v) is 18.8. The lowest BCUT2D eigenvalue weighted by Gasteiger charge is -2.32. The van der Waals surface area contributed by atoms with Crippen molar-refractivity contribution in [2.45, 2.75) is 146 Å². The molecule has 10 aromatic carbocycles. The van der Waals surface area contributed by atoms with Crippen LogP contribution in [-0.2, 0) is 0 Å². The summed E-state index contributed by atoms with van der Waals surface area (Å²) in [5.41, 5.74) is 15.4. The Kier molecular flexibility index (Phi) is 32.2. The third-order valence-electron chi connectivity index (χ3n) is 18.8. The molecule has 0 fully saturated rings.